The van der Waals surface area contributed by atoms with Gasteiger partial charge in [0.05, 0.1) is 29.1 Å². The zero-order valence-electron chi connectivity index (χ0n) is 10.6. The summed E-state index contributed by atoms with van der Waals surface area (Å²) in [5, 5.41) is 14.5. The fourth-order valence-electron chi connectivity index (χ4n) is 1.52. The lowest BCUT2D eigenvalue weighted by Crippen LogP contribution is -1.92. The zero-order valence-corrected chi connectivity index (χ0v) is 12.1. The zero-order chi connectivity index (χ0) is 14.5. The molecule has 0 aromatic heterocycles. The minimum atomic E-state index is 0.0853. The lowest BCUT2D eigenvalue weighted by atomic mass is 10.2. The van der Waals surface area contributed by atoms with Gasteiger partial charge in [-0.15, -0.1) is 0 Å². The largest absolute Gasteiger partial charge is 0.504 e. The summed E-state index contributed by atoms with van der Waals surface area (Å²) in [4.78, 5) is 0. The van der Waals surface area contributed by atoms with Gasteiger partial charge in [-0.3, -0.25) is 5.43 Å². The van der Waals surface area contributed by atoms with E-state index in [-0.39, 0.29) is 5.75 Å². The van der Waals surface area contributed by atoms with E-state index in [1.165, 1.54) is 7.11 Å². The Hall–Kier alpha value is -1.91. The Morgan fingerprint density at radius 1 is 1.15 bits per heavy atom. The van der Waals surface area contributed by atoms with E-state index in [2.05, 4.69) is 10.5 Å². The molecule has 0 amide bonds. The quantitative estimate of drug-likeness (QED) is 0.658. The minimum Gasteiger partial charge on any atom is -0.504 e. The van der Waals surface area contributed by atoms with Crippen molar-refractivity contribution >= 4 is 35.1 Å². The lowest BCUT2D eigenvalue weighted by Gasteiger charge is -2.04. The number of hydrazone groups is 1. The van der Waals surface area contributed by atoms with Gasteiger partial charge in [0.1, 0.15) is 0 Å². The Kier molecular flexibility index (Phi) is 4.71. The number of hydrogen-bond acceptors (Lipinski definition) is 4. The Bertz CT molecular complexity index is 645. The van der Waals surface area contributed by atoms with E-state index in [9.17, 15) is 5.11 Å². The van der Waals surface area contributed by atoms with Crippen LogP contribution in [0.3, 0.4) is 0 Å². The maximum absolute atomic E-state index is 9.48. The van der Waals surface area contributed by atoms with Gasteiger partial charge in [0.15, 0.2) is 11.5 Å². The van der Waals surface area contributed by atoms with Crippen molar-refractivity contribution in [2.24, 2.45) is 5.10 Å². The molecule has 0 atom stereocenters. The smallest absolute Gasteiger partial charge is 0.161 e. The van der Waals surface area contributed by atoms with E-state index in [1.54, 1.807) is 42.6 Å². The van der Waals surface area contributed by atoms with Crippen molar-refractivity contribution in [3.63, 3.8) is 0 Å². The van der Waals surface area contributed by atoms with Crippen LogP contribution in [0.4, 0.5) is 5.69 Å². The van der Waals surface area contributed by atoms with Crippen LogP contribution in [0, 0.1) is 0 Å². The molecule has 0 aliphatic carbocycles. The second-order valence-corrected chi connectivity index (χ2v) is 4.74. The number of ether oxygens (including phenoxy) is 1. The molecule has 104 valence electrons. The number of rotatable bonds is 4. The molecule has 0 heterocycles. The molecule has 2 rings (SSSR count). The highest BCUT2D eigenvalue weighted by molar-refractivity contribution is 6.42. The predicted octanol–water partition coefficient (Wildman–Crippen LogP) is 4.15. The van der Waals surface area contributed by atoms with Gasteiger partial charge in [-0.25, -0.2) is 0 Å². The van der Waals surface area contributed by atoms with E-state index in [0.29, 0.717) is 15.8 Å². The average Bonchev–Trinajstić information content (AvgIpc) is 2.44. The molecule has 0 radical (unpaired) electrons. The molecule has 0 saturated heterocycles. The molecule has 0 bridgehead atoms. The fourth-order valence-corrected chi connectivity index (χ4v) is 1.82. The van der Waals surface area contributed by atoms with E-state index in [4.69, 9.17) is 27.9 Å². The van der Waals surface area contributed by atoms with Crippen LogP contribution in [0.25, 0.3) is 0 Å². The molecule has 0 aliphatic heterocycles. The second kappa shape index (κ2) is 6.50. The molecular weight excluding hydrogens is 299 g/mol. The number of aromatic hydroxyl groups is 1. The van der Waals surface area contributed by atoms with Crippen molar-refractivity contribution in [3.05, 3.63) is 52.0 Å². The van der Waals surface area contributed by atoms with Gasteiger partial charge in [0, 0.05) is 0 Å². The number of hydrogen-bond donors (Lipinski definition) is 2. The van der Waals surface area contributed by atoms with Crippen LogP contribution >= 0.6 is 23.2 Å². The first-order valence-corrected chi connectivity index (χ1v) is 6.47. The minimum absolute atomic E-state index is 0.0853. The van der Waals surface area contributed by atoms with Crippen LogP contribution in [0.2, 0.25) is 10.0 Å². The molecule has 0 unspecified atom stereocenters. The number of methoxy groups -OCH3 is 1. The summed E-state index contributed by atoms with van der Waals surface area (Å²) in [6, 6.07) is 10.1. The van der Waals surface area contributed by atoms with Crippen LogP contribution in [0.1, 0.15) is 5.56 Å². The SMILES string of the molecule is COc1cc(/C=N/Nc2ccc(Cl)c(Cl)c2)ccc1O. The summed E-state index contributed by atoms with van der Waals surface area (Å²) in [5.74, 6) is 0.477. The summed E-state index contributed by atoms with van der Waals surface area (Å²) >= 11 is 11.7. The third-order valence-electron chi connectivity index (χ3n) is 2.53. The van der Waals surface area contributed by atoms with Crippen molar-refractivity contribution in [2.75, 3.05) is 12.5 Å². The summed E-state index contributed by atoms with van der Waals surface area (Å²) < 4.78 is 5.01. The summed E-state index contributed by atoms with van der Waals surface area (Å²) in [6.07, 6.45) is 1.60. The van der Waals surface area contributed by atoms with Gasteiger partial charge >= 0.3 is 0 Å². The maximum Gasteiger partial charge on any atom is 0.161 e. The number of nitrogens with zero attached hydrogens (tertiary/aromatic N) is 1. The first-order chi connectivity index (χ1) is 9.60. The first kappa shape index (κ1) is 14.5. The van der Waals surface area contributed by atoms with Crippen molar-refractivity contribution < 1.29 is 9.84 Å². The highest BCUT2D eigenvalue weighted by atomic mass is 35.5. The van der Waals surface area contributed by atoms with Gasteiger partial charge in [-0.05, 0) is 42.0 Å². The Morgan fingerprint density at radius 3 is 2.65 bits per heavy atom. The number of halogens is 2. The maximum atomic E-state index is 9.48. The van der Waals surface area contributed by atoms with Crippen LogP contribution < -0.4 is 10.2 Å². The molecule has 2 N–H and O–H groups in total. The molecule has 0 aliphatic rings. The predicted molar refractivity (Wildman–Crippen MR) is 82.3 cm³/mol. The second-order valence-electron chi connectivity index (χ2n) is 3.93. The molecule has 2 aromatic carbocycles. The molecule has 20 heavy (non-hydrogen) atoms. The van der Waals surface area contributed by atoms with E-state index >= 15 is 0 Å². The third-order valence-corrected chi connectivity index (χ3v) is 3.27. The molecule has 2 aromatic rings. The van der Waals surface area contributed by atoms with Crippen molar-refractivity contribution in [2.45, 2.75) is 0 Å². The highest BCUT2D eigenvalue weighted by Crippen LogP contribution is 2.26. The normalized spacial score (nSPS) is 10.8. The highest BCUT2D eigenvalue weighted by Gasteiger charge is 2.01. The fraction of sp³-hybridized carbons (Fsp3) is 0.0714. The Balaban J connectivity index is 2.08. The van der Waals surface area contributed by atoms with Crippen molar-refractivity contribution in [3.8, 4) is 11.5 Å². The van der Waals surface area contributed by atoms with Gasteiger partial charge in [0.2, 0.25) is 0 Å². The average molecular weight is 311 g/mol. The van der Waals surface area contributed by atoms with Gasteiger partial charge < -0.3 is 9.84 Å². The van der Waals surface area contributed by atoms with Crippen LogP contribution in [0.15, 0.2) is 41.5 Å². The Morgan fingerprint density at radius 2 is 1.95 bits per heavy atom. The summed E-state index contributed by atoms with van der Waals surface area (Å²) in [5.41, 5.74) is 4.34. The molecular formula is C14H12Cl2N2O2. The molecule has 0 fully saturated rings. The van der Waals surface area contributed by atoms with Gasteiger partial charge in [-0.1, -0.05) is 23.2 Å². The molecule has 4 nitrogen and oxygen atoms in total. The first-order valence-electron chi connectivity index (χ1n) is 5.71. The van der Waals surface area contributed by atoms with Crippen LogP contribution in [-0.2, 0) is 0 Å². The third kappa shape index (κ3) is 3.56. The monoisotopic (exact) mass is 310 g/mol. The van der Waals surface area contributed by atoms with E-state index in [1.807, 2.05) is 0 Å². The van der Waals surface area contributed by atoms with Crippen LogP contribution in [0.5, 0.6) is 11.5 Å². The standard InChI is InChI=1S/C14H12Cl2N2O2/c1-20-14-6-9(2-5-13(14)19)8-17-18-10-3-4-11(15)12(16)7-10/h2-8,18-19H,1H3/b17-8+. The Labute approximate surface area is 126 Å². The van der Waals surface area contributed by atoms with Crippen molar-refractivity contribution in [1.82, 2.24) is 0 Å². The number of benzene rings is 2. The number of phenolic OH excluding ortho intramolecular Hbond substituents is 1. The summed E-state index contributed by atoms with van der Waals surface area (Å²) in [6.45, 7) is 0. The molecule has 0 saturated carbocycles. The lowest BCUT2D eigenvalue weighted by molar-refractivity contribution is 0.373. The number of anilines is 1. The van der Waals surface area contributed by atoms with E-state index < -0.39 is 0 Å². The number of phenols is 1. The number of nitrogens with one attached hydrogen (secondary N) is 1. The van der Waals surface area contributed by atoms with Crippen LogP contribution in [-0.4, -0.2) is 18.4 Å². The van der Waals surface area contributed by atoms with Gasteiger partial charge in [-0.2, -0.15) is 5.10 Å². The summed E-state index contributed by atoms with van der Waals surface area (Å²) in [7, 11) is 1.49. The molecule has 0 spiro atoms. The topological polar surface area (TPSA) is 53.8 Å². The van der Waals surface area contributed by atoms with Gasteiger partial charge in [0.25, 0.3) is 0 Å². The molecule has 6 heteroatoms. The van der Waals surface area contributed by atoms with E-state index in [0.717, 1.165) is 11.3 Å². The van der Waals surface area contributed by atoms with Crippen molar-refractivity contribution in [1.29, 1.82) is 0 Å².